The maximum atomic E-state index is 13.0. The van der Waals surface area contributed by atoms with Crippen LogP contribution >= 0.6 is 0 Å². The van der Waals surface area contributed by atoms with Gasteiger partial charge in [-0.3, -0.25) is 9.63 Å². The third-order valence-corrected chi connectivity index (χ3v) is 3.63. The van der Waals surface area contributed by atoms with Crippen molar-refractivity contribution in [2.75, 3.05) is 6.61 Å². The monoisotopic (exact) mass is 294 g/mol. The van der Waals surface area contributed by atoms with Crippen molar-refractivity contribution < 1.29 is 18.4 Å². The molecule has 4 nitrogen and oxygen atoms in total. The summed E-state index contributed by atoms with van der Waals surface area (Å²) < 4.78 is 26.0. The Morgan fingerprint density at radius 3 is 2.57 bits per heavy atom. The van der Waals surface area contributed by atoms with E-state index in [4.69, 9.17) is 10.1 Å². The summed E-state index contributed by atoms with van der Waals surface area (Å²) in [7, 11) is 0. The van der Waals surface area contributed by atoms with Gasteiger partial charge in [0.2, 0.25) is 0 Å². The Hall–Kier alpha value is -2.00. The number of rotatable bonds is 3. The minimum absolute atomic E-state index is 0.301. The lowest BCUT2D eigenvalue weighted by Gasteiger charge is -2.31. The van der Waals surface area contributed by atoms with E-state index in [2.05, 4.69) is 0 Å². The highest BCUT2D eigenvalue weighted by Gasteiger charge is 2.45. The molecule has 0 saturated carbocycles. The molecule has 0 spiro atoms. The molecule has 1 aliphatic rings. The predicted molar refractivity (Wildman–Crippen MR) is 71.1 cm³/mol. The molecule has 1 aromatic rings. The molecular formula is C15H16F2N2O2. The summed E-state index contributed by atoms with van der Waals surface area (Å²) in [5.41, 5.74) is -0.525. The largest absolute Gasteiger partial charge is 0.272 e. The quantitative estimate of drug-likeness (QED) is 0.861. The summed E-state index contributed by atoms with van der Waals surface area (Å²) in [6.07, 6.45) is -2.23. The Morgan fingerprint density at radius 1 is 1.43 bits per heavy atom. The predicted octanol–water partition coefficient (Wildman–Crippen LogP) is 3.05. The first-order valence-corrected chi connectivity index (χ1v) is 6.62. The normalized spacial score (nSPS) is 18.9. The Bertz CT molecular complexity index is 564. The van der Waals surface area contributed by atoms with Gasteiger partial charge in [-0.15, -0.1) is 0 Å². The maximum Gasteiger partial charge on any atom is 0.258 e. The van der Waals surface area contributed by atoms with Gasteiger partial charge in [-0.25, -0.2) is 13.8 Å². The van der Waals surface area contributed by atoms with Crippen LogP contribution in [0.2, 0.25) is 0 Å². The number of alkyl halides is 2. The Balaban J connectivity index is 2.24. The molecule has 0 aromatic heterocycles. The number of nitrogens with zero attached hydrogens (tertiary/aromatic N) is 2. The Kier molecular flexibility index (Phi) is 4.24. The van der Waals surface area contributed by atoms with Crippen molar-refractivity contribution in [2.45, 2.75) is 32.7 Å². The fraction of sp³-hybridized carbons (Fsp3) is 0.467. The van der Waals surface area contributed by atoms with Crippen LogP contribution in [0.15, 0.2) is 24.3 Å². The fourth-order valence-electron chi connectivity index (χ4n) is 2.13. The van der Waals surface area contributed by atoms with Crippen molar-refractivity contribution in [3.8, 4) is 6.07 Å². The van der Waals surface area contributed by atoms with Crippen molar-refractivity contribution in [1.82, 2.24) is 5.06 Å². The van der Waals surface area contributed by atoms with E-state index >= 15 is 0 Å². The zero-order valence-corrected chi connectivity index (χ0v) is 11.8. The molecule has 1 saturated heterocycles. The molecule has 0 bridgehead atoms. The lowest BCUT2D eigenvalue weighted by atomic mass is 9.91. The topological polar surface area (TPSA) is 53.3 Å². The molecule has 6 heteroatoms. The number of carbonyl (C=O) groups excluding carboxylic acids is 1. The fourth-order valence-corrected chi connectivity index (χ4v) is 2.13. The van der Waals surface area contributed by atoms with E-state index in [1.807, 2.05) is 6.07 Å². The van der Waals surface area contributed by atoms with Gasteiger partial charge in [0, 0.05) is 6.42 Å². The smallest absolute Gasteiger partial charge is 0.258 e. The number of benzene rings is 1. The molecular weight excluding hydrogens is 278 g/mol. The SMILES string of the molecule is CC(C)(C(=O)N1OCC[C@H]1c1ccc(C#N)cc1)C(F)F. The van der Waals surface area contributed by atoms with Crippen LogP contribution in [-0.2, 0) is 9.63 Å². The van der Waals surface area contributed by atoms with Crippen LogP contribution in [-0.4, -0.2) is 24.0 Å². The molecule has 1 aliphatic heterocycles. The van der Waals surface area contributed by atoms with Crippen LogP contribution in [0.3, 0.4) is 0 Å². The maximum absolute atomic E-state index is 13.0. The van der Waals surface area contributed by atoms with Crippen molar-refractivity contribution in [2.24, 2.45) is 5.41 Å². The average molecular weight is 294 g/mol. The highest BCUT2D eigenvalue weighted by atomic mass is 19.3. The first kappa shape index (κ1) is 15.4. The minimum atomic E-state index is -2.77. The van der Waals surface area contributed by atoms with Crippen LogP contribution in [0.1, 0.15) is 37.4 Å². The Labute approximate surface area is 121 Å². The number of amides is 1. The molecule has 0 radical (unpaired) electrons. The van der Waals surface area contributed by atoms with E-state index < -0.39 is 23.8 Å². The average Bonchev–Trinajstić information content (AvgIpc) is 2.95. The third-order valence-electron chi connectivity index (χ3n) is 3.63. The zero-order chi connectivity index (χ0) is 15.6. The number of hydrogen-bond acceptors (Lipinski definition) is 3. The van der Waals surface area contributed by atoms with Gasteiger partial charge in [0.1, 0.15) is 5.41 Å². The second-order valence-electron chi connectivity index (χ2n) is 5.52. The molecule has 21 heavy (non-hydrogen) atoms. The zero-order valence-electron chi connectivity index (χ0n) is 11.8. The lowest BCUT2D eigenvalue weighted by molar-refractivity contribution is -0.194. The van der Waals surface area contributed by atoms with Crippen molar-refractivity contribution >= 4 is 5.91 Å². The van der Waals surface area contributed by atoms with Gasteiger partial charge in [0.05, 0.1) is 24.3 Å². The summed E-state index contributed by atoms with van der Waals surface area (Å²) in [6, 6.07) is 8.31. The molecule has 2 rings (SSSR count). The summed E-state index contributed by atoms with van der Waals surface area (Å²) in [5, 5.41) is 9.83. The highest BCUT2D eigenvalue weighted by molar-refractivity contribution is 5.82. The molecule has 112 valence electrons. The van der Waals surface area contributed by atoms with Gasteiger partial charge in [-0.05, 0) is 31.5 Å². The van der Waals surface area contributed by atoms with Gasteiger partial charge in [0.25, 0.3) is 12.3 Å². The van der Waals surface area contributed by atoms with Crippen molar-refractivity contribution in [3.05, 3.63) is 35.4 Å². The molecule has 1 fully saturated rings. The van der Waals surface area contributed by atoms with Crippen LogP contribution in [0.25, 0.3) is 0 Å². The van der Waals surface area contributed by atoms with Crippen molar-refractivity contribution in [1.29, 1.82) is 5.26 Å². The number of hydrogen-bond donors (Lipinski definition) is 0. The minimum Gasteiger partial charge on any atom is -0.272 e. The molecule has 1 heterocycles. The molecule has 1 amide bonds. The summed E-state index contributed by atoms with van der Waals surface area (Å²) in [4.78, 5) is 17.5. The second kappa shape index (κ2) is 5.78. The van der Waals surface area contributed by atoms with E-state index in [1.165, 1.54) is 13.8 Å². The Morgan fingerprint density at radius 2 is 2.05 bits per heavy atom. The van der Waals surface area contributed by atoms with E-state index in [9.17, 15) is 13.6 Å². The van der Waals surface area contributed by atoms with Crippen LogP contribution in [0, 0.1) is 16.7 Å². The van der Waals surface area contributed by atoms with E-state index in [0.717, 1.165) is 10.6 Å². The number of hydroxylamine groups is 2. The van der Waals surface area contributed by atoms with Gasteiger partial charge >= 0.3 is 0 Å². The number of carbonyl (C=O) groups is 1. The van der Waals surface area contributed by atoms with Crippen LogP contribution in [0.4, 0.5) is 8.78 Å². The number of halogens is 2. The second-order valence-corrected chi connectivity index (χ2v) is 5.52. The molecule has 1 atom stereocenters. The first-order chi connectivity index (χ1) is 9.87. The lowest BCUT2D eigenvalue weighted by Crippen LogP contribution is -2.43. The third kappa shape index (κ3) is 2.88. The van der Waals surface area contributed by atoms with Gasteiger partial charge in [0.15, 0.2) is 0 Å². The van der Waals surface area contributed by atoms with Crippen LogP contribution in [0.5, 0.6) is 0 Å². The van der Waals surface area contributed by atoms with Gasteiger partial charge < -0.3 is 0 Å². The first-order valence-electron chi connectivity index (χ1n) is 6.62. The summed E-state index contributed by atoms with van der Waals surface area (Å²) in [6.45, 7) is 2.71. The van der Waals surface area contributed by atoms with E-state index in [1.54, 1.807) is 24.3 Å². The van der Waals surface area contributed by atoms with E-state index in [-0.39, 0.29) is 0 Å². The number of nitriles is 1. The van der Waals surface area contributed by atoms with Crippen LogP contribution < -0.4 is 0 Å². The highest BCUT2D eigenvalue weighted by Crippen LogP contribution is 2.36. The molecule has 0 aliphatic carbocycles. The summed E-state index contributed by atoms with van der Waals surface area (Å²) in [5.74, 6) is -0.732. The van der Waals surface area contributed by atoms with E-state index in [0.29, 0.717) is 18.6 Å². The van der Waals surface area contributed by atoms with Crippen molar-refractivity contribution in [3.63, 3.8) is 0 Å². The standard InChI is InChI=1S/C15H16F2N2O2/c1-15(2,13(16)17)14(20)19-12(7-8-21-19)11-5-3-10(9-18)4-6-11/h3-6,12-13H,7-8H2,1-2H3/t12-/m0/s1. The molecule has 0 N–H and O–H groups in total. The van der Waals surface area contributed by atoms with Gasteiger partial charge in [-0.1, -0.05) is 12.1 Å². The molecule has 1 aromatic carbocycles. The summed E-state index contributed by atoms with van der Waals surface area (Å²) >= 11 is 0. The molecule has 0 unspecified atom stereocenters. The van der Waals surface area contributed by atoms with Gasteiger partial charge in [-0.2, -0.15) is 5.26 Å².